The molecule has 0 amide bonds. The van der Waals surface area contributed by atoms with Gasteiger partial charge in [-0.1, -0.05) is 39.5 Å². The van der Waals surface area contributed by atoms with Crippen LogP contribution in [0.1, 0.15) is 57.5 Å². The minimum atomic E-state index is 0.869. The van der Waals surface area contributed by atoms with Crippen molar-refractivity contribution in [3.05, 3.63) is 17.6 Å². The molecule has 0 aliphatic heterocycles. The van der Waals surface area contributed by atoms with E-state index in [1.54, 1.807) is 0 Å². The Kier molecular flexibility index (Phi) is 5.17. The van der Waals surface area contributed by atoms with Crippen molar-refractivity contribution in [1.29, 1.82) is 0 Å². The van der Waals surface area contributed by atoms with Crippen LogP contribution in [0.3, 0.4) is 0 Å². The SMILES string of the molecule is CCc1cc(NCCC2CCC(C)CC2)nc(C)n1. The molecular weight excluding hydrogens is 234 g/mol. The van der Waals surface area contributed by atoms with Crippen molar-refractivity contribution in [2.24, 2.45) is 11.8 Å². The van der Waals surface area contributed by atoms with Crippen molar-refractivity contribution < 1.29 is 0 Å². The third kappa shape index (κ3) is 4.48. The molecule has 1 N–H and O–H groups in total. The molecule has 19 heavy (non-hydrogen) atoms. The first-order chi connectivity index (χ1) is 9.17. The molecule has 0 unspecified atom stereocenters. The highest BCUT2D eigenvalue weighted by atomic mass is 15.0. The van der Waals surface area contributed by atoms with E-state index in [1.807, 2.05) is 6.92 Å². The fourth-order valence-corrected chi connectivity index (χ4v) is 2.92. The molecule has 0 bridgehead atoms. The van der Waals surface area contributed by atoms with Crippen molar-refractivity contribution in [2.75, 3.05) is 11.9 Å². The number of aromatic nitrogens is 2. The smallest absolute Gasteiger partial charge is 0.129 e. The standard InChI is InChI=1S/C16H27N3/c1-4-15-11-16(19-13(3)18-15)17-10-9-14-7-5-12(2)6-8-14/h11-12,14H,4-10H2,1-3H3,(H,17,18,19). The molecule has 2 rings (SSSR count). The molecule has 1 aliphatic carbocycles. The van der Waals surface area contributed by atoms with E-state index in [9.17, 15) is 0 Å². The summed E-state index contributed by atoms with van der Waals surface area (Å²) in [5.74, 6) is 3.72. The molecule has 1 saturated carbocycles. The van der Waals surface area contributed by atoms with Crippen LogP contribution in [0.15, 0.2) is 6.07 Å². The Morgan fingerprint density at radius 3 is 2.63 bits per heavy atom. The highest BCUT2D eigenvalue weighted by molar-refractivity contribution is 5.35. The van der Waals surface area contributed by atoms with Crippen LogP contribution in [-0.2, 0) is 6.42 Å². The molecule has 0 aromatic carbocycles. The van der Waals surface area contributed by atoms with Crippen LogP contribution in [0, 0.1) is 18.8 Å². The molecule has 1 aromatic rings. The van der Waals surface area contributed by atoms with Crippen LogP contribution in [-0.4, -0.2) is 16.5 Å². The zero-order valence-corrected chi connectivity index (χ0v) is 12.6. The molecule has 0 spiro atoms. The molecule has 3 heteroatoms. The summed E-state index contributed by atoms with van der Waals surface area (Å²) < 4.78 is 0. The van der Waals surface area contributed by atoms with Crippen LogP contribution < -0.4 is 5.32 Å². The molecule has 1 fully saturated rings. The van der Waals surface area contributed by atoms with Gasteiger partial charge in [0.2, 0.25) is 0 Å². The predicted molar refractivity (Wildman–Crippen MR) is 80.4 cm³/mol. The molecule has 0 radical (unpaired) electrons. The summed E-state index contributed by atoms with van der Waals surface area (Å²) in [5.41, 5.74) is 1.13. The molecular formula is C16H27N3. The highest BCUT2D eigenvalue weighted by Gasteiger charge is 2.17. The molecule has 1 aliphatic rings. The number of aryl methyl sites for hydroxylation is 2. The summed E-state index contributed by atoms with van der Waals surface area (Å²) in [6.45, 7) is 7.52. The average Bonchev–Trinajstić information content (AvgIpc) is 2.40. The van der Waals surface area contributed by atoms with E-state index in [1.165, 1.54) is 32.1 Å². The van der Waals surface area contributed by atoms with E-state index in [0.717, 1.165) is 42.1 Å². The number of rotatable bonds is 5. The Bertz CT molecular complexity index is 395. The first kappa shape index (κ1) is 14.3. The lowest BCUT2D eigenvalue weighted by atomic mass is 9.81. The van der Waals surface area contributed by atoms with Crippen LogP contribution >= 0.6 is 0 Å². The summed E-state index contributed by atoms with van der Waals surface area (Å²) in [6.07, 6.45) is 7.89. The van der Waals surface area contributed by atoms with E-state index in [4.69, 9.17) is 0 Å². The average molecular weight is 261 g/mol. The zero-order valence-electron chi connectivity index (χ0n) is 12.6. The first-order valence-corrected chi connectivity index (χ1v) is 7.75. The molecule has 0 atom stereocenters. The second-order valence-electron chi connectivity index (χ2n) is 5.99. The Hall–Kier alpha value is -1.12. The Balaban J connectivity index is 1.77. The van der Waals surface area contributed by atoms with Gasteiger partial charge in [0.05, 0.1) is 0 Å². The fraction of sp³-hybridized carbons (Fsp3) is 0.750. The van der Waals surface area contributed by atoms with Gasteiger partial charge < -0.3 is 5.32 Å². The van der Waals surface area contributed by atoms with Crippen molar-refractivity contribution in [1.82, 2.24) is 9.97 Å². The monoisotopic (exact) mass is 261 g/mol. The van der Waals surface area contributed by atoms with Crippen LogP contribution in [0.2, 0.25) is 0 Å². The normalized spacial score (nSPS) is 23.3. The van der Waals surface area contributed by atoms with Gasteiger partial charge in [-0.3, -0.25) is 0 Å². The molecule has 1 heterocycles. The van der Waals surface area contributed by atoms with Gasteiger partial charge in [-0.05, 0) is 31.6 Å². The van der Waals surface area contributed by atoms with E-state index in [-0.39, 0.29) is 0 Å². The molecule has 0 saturated heterocycles. The molecule has 106 valence electrons. The van der Waals surface area contributed by atoms with Crippen molar-refractivity contribution >= 4 is 5.82 Å². The Morgan fingerprint density at radius 2 is 1.95 bits per heavy atom. The maximum atomic E-state index is 4.45. The van der Waals surface area contributed by atoms with Gasteiger partial charge >= 0.3 is 0 Å². The summed E-state index contributed by atoms with van der Waals surface area (Å²) in [5, 5.41) is 3.47. The van der Waals surface area contributed by atoms with Gasteiger partial charge in [0, 0.05) is 18.3 Å². The second-order valence-corrected chi connectivity index (χ2v) is 5.99. The summed E-state index contributed by atoms with van der Waals surface area (Å²) >= 11 is 0. The lowest BCUT2D eigenvalue weighted by molar-refractivity contribution is 0.282. The fourth-order valence-electron chi connectivity index (χ4n) is 2.92. The maximum absolute atomic E-state index is 4.45. The largest absolute Gasteiger partial charge is 0.370 e. The van der Waals surface area contributed by atoms with Gasteiger partial charge in [-0.2, -0.15) is 0 Å². The second kappa shape index (κ2) is 6.88. The minimum Gasteiger partial charge on any atom is -0.370 e. The number of hydrogen-bond acceptors (Lipinski definition) is 3. The van der Waals surface area contributed by atoms with Crippen molar-refractivity contribution in [3.8, 4) is 0 Å². The van der Waals surface area contributed by atoms with Crippen LogP contribution in [0.25, 0.3) is 0 Å². The molecule has 1 aromatic heterocycles. The van der Waals surface area contributed by atoms with E-state index in [0.29, 0.717) is 0 Å². The van der Waals surface area contributed by atoms with Crippen LogP contribution in [0.5, 0.6) is 0 Å². The minimum absolute atomic E-state index is 0.869. The van der Waals surface area contributed by atoms with Crippen LogP contribution in [0.4, 0.5) is 5.82 Å². The zero-order chi connectivity index (χ0) is 13.7. The highest BCUT2D eigenvalue weighted by Crippen LogP contribution is 2.30. The summed E-state index contributed by atoms with van der Waals surface area (Å²) in [6, 6.07) is 2.08. The number of hydrogen-bond donors (Lipinski definition) is 1. The number of anilines is 1. The number of nitrogens with zero attached hydrogens (tertiary/aromatic N) is 2. The van der Waals surface area contributed by atoms with E-state index in [2.05, 4.69) is 35.2 Å². The third-order valence-electron chi connectivity index (χ3n) is 4.25. The van der Waals surface area contributed by atoms with E-state index < -0.39 is 0 Å². The van der Waals surface area contributed by atoms with Gasteiger partial charge in [-0.15, -0.1) is 0 Å². The summed E-state index contributed by atoms with van der Waals surface area (Å²) in [7, 11) is 0. The van der Waals surface area contributed by atoms with Gasteiger partial charge in [0.15, 0.2) is 0 Å². The first-order valence-electron chi connectivity index (χ1n) is 7.75. The van der Waals surface area contributed by atoms with Gasteiger partial charge in [-0.25, -0.2) is 9.97 Å². The number of nitrogens with one attached hydrogen (secondary N) is 1. The lowest BCUT2D eigenvalue weighted by Gasteiger charge is -2.26. The van der Waals surface area contributed by atoms with Gasteiger partial charge in [0.25, 0.3) is 0 Å². The van der Waals surface area contributed by atoms with Gasteiger partial charge in [0.1, 0.15) is 11.6 Å². The lowest BCUT2D eigenvalue weighted by Crippen LogP contribution is -2.16. The third-order valence-corrected chi connectivity index (χ3v) is 4.25. The van der Waals surface area contributed by atoms with Crippen molar-refractivity contribution in [2.45, 2.75) is 59.3 Å². The van der Waals surface area contributed by atoms with E-state index >= 15 is 0 Å². The maximum Gasteiger partial charge on any atom is 0.129 e. The quantitative estimate of drug-likeness (QED) is 0.871. The Morgan fingerprint density at radius 1 is 1.21 bits per heavy atom. The summed E-state index contributed by atoms with van der Waals surface area (Å²) in [4.78, 5) is 8.86. The molecule has 3 nitrogen and oxygen atoms in total. The van der Waals surface area contributed by atoms with Crippen molar-refractivity contribution in [3.63, 3.8) is 0 Å². The predicted octanol–water partition coefficient (Wildman–Crippen LogP) is 3.98. The Labute approximate surface area is 117 Å². The topological polar surface area (TPSA) is 37.8 Å².